The number of nitrogens with two attached hydrogens (primary N) is 2. The number of hydrogen-bond donors (Lipinski definition) is 2. The first-order valence-corrected chi connectivity index (χ1v) is 6.10. The Balaban J connectivity index is 0.000000220. The van der Waals surface area contributed by atoms with Gasteiger partial charge in [-0.1, -0.05) is 23.2 Å². The van der Waals surface area contributed by atoms with Crippen LogP contribution >= 0.6 is 23.2 Å². The number of nitrogen functional groups attached to an aromatic ring is 2. The molecule has 0 aliphatic heterocycles. The first-order valence-electron chi connectivity index (χ1n) is 5.34. The molecule has 0 aliphatic rings. The van der Waals surface area contributed by atoms with Crippen LogP contribution in [0.1, 0.15) is 0 Å². The van der Waals surface area contributed by atoms with Crippen LogP contribution in [0.5, 0.6) is 0 Å². The van der Waals surface area contributed by atoms with E-state index < -0.39 is 9.85 Å². The minimum Gasteiger partial charge on any atom is -0.378 e. The van der Waals surface area contributed by atoms with Crippen molar-refractivity contribution in [1.82, 2.24) is 9.97 Å². The summed E-state index contributed by atoms with van der Waals surface area (Å²) in [5, 5.41) is 20.5. The summed E-state index contributed by atoms with van der Waals surface area (Å²) in [7, 11) is 0. The van der Waals surface area contributed by atoms with Crippen LogP contribution in [0.2, 0.25) is 10.0 Å². The van der Waals surface area contributed by atoms with E-state index in [0.717, 1.165) is 0 Å². The number of anilines is 2. The molecule has 2 aromatic rings. The predicted octanol–water partition coefficient (Wildman–Crippen LogP) is 2.45. The summed E-state index contributed by atoms with van der Waals surface area (Å²) in [5.74, 6) is -0.329. The maximum Gasteiger partial charge on any atom is 0.329 e. The summed E-state index contributed by atoms with van der Waals surface area (Å²) in [6, 6.07) is 2.63. The predicted molar refractivity (Wildman–Crippen MR) is 80.6 cm³/mol. The van der Waals surface area contributed by atoms with Crippen LogP contribution in [0.15, 0.2) is 24.5 Å². The van der Waals surface area contributed by atoms with Gasteiger partial charge in [-0.3, -0.25) is 20.2 Å². The summed E-state index contributed by atoms with van der Waals surface area (Å²) in [6.07, 6.45) is 2.62. The van der Waals surface area contributed by atoms with Crippen molar-refractivity contribution >= 4 is 46.2 Å². The van der Waals surface area contributed by atoms with Gasteiger partial charge in [-0.25, -0.2) is 9.97 Å². The monoisotopic (exact) mass is 346 g/mol. The number of pyridine rings is 2. The molecule has 0 atom stereocenters. The summed E-state index contributed by atoms with van der Waals surface area (Å²) in [5.41, 5.74) is 9.69. The maximum absolute atomic E-state index is 10.2. The number of nitrogens with zero attached hydrogens (tertiary/aromatic N) is 4. The lowest BCUT2D eigenvalue weighted by Crippen LogP contribution is -1.98. The van der Waals surface area contributed by atoms with E-state index in [2.05, 4.69) is 9.97 Å². The Bertz CT molecular complexity index is 625. The van der Waals surface area contributed by atoms with Crippen LogP contribution in [0.4, 0.5) is 23.0 Å². The van der Waals surface area contributed by atoms with Crippen molar-refractivity contribution in [3.63, 3.8) is 0 Å². The number of hydrogen-bond acceptors (Lipinski definition) is 8. The van der Waals surface area contributed by atoms with Gasteiger partial charge in [0.15, 0.2) is 0 Å². The lowest BCUT2D eigenvalue weighted by atomic mass is 10.4. The zero-order valence-corrected chi connectivity index (χ0v) is 12.2. The minimum absolute atomic E-state index is 0.00231. The van der Waals surface area contributed by atoms with Crippen molar-refractivity contribution in [2.24, 2.45) is 0 Å². The van der Waals surface area contributed by atoms with Gasteiger partial charge in [0.05, 0.1) is 9.85 Å². The van der Waals surface area contributed by atoms with Gasteiger partial charge in [-0.2, -0.15) is 0 Å². The van der Waals surface area contributed by atoms with Gasteiger partial charge in [0, 0.05) is 12.4 Å². The number of nitro groups is 2. The van der Waals surface area contributed by atoms with Crippen LogP contribution in [-0.2, 0) is 0 Å². The fourth-order valence-electron chi connectivity index (χ4n) is 1.25. The molecule has 4 N–H and O–H groups in total. The molecule has 10 nitrogen and oxygen atoms in total. The Morgan fingerprint density at radius 3 is 1.36 bits per heavy atom. The summed E-state index contributed by atoms with van der Waals surface area (Å²) in [4.78, 5) is 26.2. The summed E-state index contributed by atoms with van der Waals surface area (Å²) in [6.45, 7) is 0. The first kappa shape index (κ1) is 17.3. The average Bonchev–Trinajstić information content (AvgIpc) is 2.38. The van der Waals surface area contributed by atoms with Crippen LogP contribution < -0.4 is 11.5 Å². The van der Waals surface area contributed by atoms with Crippen molar-refractivity contribution in [2.75, 3.05) is 11.5 Å². The quantitative estimate of drug-likeness (QED) is 0.617. The highest BCUT2D eigenvalue weighted by molar-refractivity contribution is 6.33. The molecule has 0 fully saturated rings. The number of halogens is 2. The molecular weight excluding hydrogens is 339 g/mol. The molecule has 0 bridgehead atoms. The van der Waals surface area contributed by atoms with E-state index in [-0.39, 0.29) is 33.1 Å². The van der Waals surface area contributed by atoms with Gasteiger partial charge in [-0.05, 0) is 12.1 Å². The second kappa shape index (κ2) is 7.33. The second-order valence-corrected chi connectivity index (χ2v) is 4.38. The Morgan fingerprint density at radius 1 is 0.864 bits per heavy atom. The van der Waals surface area contributed by atoms with E-state index in [1.165, 1.54) is 24.5 Å². The molecule has 2 rings (SSSR count). The number of aromatic nitrogens is 2. The second-order valence-electron chi connectivity index (χ2n) is 3.57. The molecule has 0 aromatic carbocycles. The SMILES string of the molecule is Nc1nccc(Cl)c1[N+](=O)[O-].Nc1nccc(Cl)c1[N+](=O)[O-]. The van der Waals surface area contributed by atoms with Gasteiger partial charge in [0.1, 0.15) is 10.0 Å². The van der Waals surface area contributed by atoms with Crippen molar-refractivity contribution in [1.29, 1.82) is 0 Å². The third kappa shape index (κ3) is 4.14. The maximum atomic E-state index is 10.2. The van der Waals surface area contributed by atoms with Crippen LogP contribution in [-0.4, -0.2) is 19.8 Å². The molecule has 0 radical (unpaired) electrons. The zero-order chi connectivity index (χ0) is 16.9. The molecule has 0 spiro atoms. The third-order valence-electron chi connectivity index (χ3n) is 2.17. The van der Waals surface area contributed by atoms with Crippen molar-refractivity contribution in [2.45, 2.75) is 0 Å². The fourth-order valence-corrected chi connectivity index (χ4v) is 1.70. The van der Waals surface area contributed by atoms with Gasteiger partial charge in [0.2, 0.25) is 11.6 Å². The highest BCUT2D eigenvalue weighted by atomic mass is 35.5. The molecule has 0 amide bonds. The van der Waals surface area contributed by atoms with Crippen LogP contribution in [0.25, 0.3) is 0 Å². The van der Waals surface area contributed by atoms with Gasteiger partial charge in [-0.15, -0.1) is 0 Å². The largest absolute Gasteiger partial charge is 0.378 e. The van der Waals surface area contributed by atoms with Gasteiger partial charge >= 0.3 is 11.4 Å². The Kier molecular flexibility index (Phi) is 5.78. The lowest BCUT2D eigenvalue weighted by molar-refractivity contribution is -0.384. The smallest absolute Gasteiger partial charge is 0.329 e. The highest BCUT2D eigenvalue weighted by Gasteiger charge is 2.17. The third-order valence-corrected chi connectivity index (χ3v) is 2.78. The molecule has 2 aromatic heterocycles. The Labute approximate surface area is 133 Å². The summed E-state index contributed by atoms with van der Waals surface area (Å²) >= 11 is 10.9. The minimum atomic E-state index is -0.662. The van der Waals surface area contributed by atoms with E-state index in [1.54, 1.807) is 0 Å². The van der Waals surface area contributed by atoms with Crippen LogP contribution in [0, 0.1) is 20.2 Å². The topological polar surface area (TPSA) is 164 Å². The summed E-state index contributed by atoms with van der Waals surface area (Å²) < 4.78 is 0. The molecular formula is C10H8Cl2N6O4. The van der Waals surface area contributed by atoms with E-state index in [0.29, 0.717) is 0 Å². The molecule has 0 saturated heterocycles. The molecule has 22 heavy (non-hydrogen) atoms. The zero-order valence-electron chi connectivity index (χ0n) is 10.6. The van der Waals surface area contributed by atoms with Crippen LogP contribution in [0.3, 0.4) is 0 Å². The van der Waals surface area contributed by atoms with E-state index in [1.807, 2.05) is 0 Å². The van der Waals surface area contributed by atoms with E-state index >= 15 is 0 Å². The standard InChI is InChI=1S/2C5H4ClN3O2/c2*6-3-1-2-8-5(7)4(3)9(10)11/h2*1-2H,(H2,7,8). The first-order chi connectivity index (χ1) is 10.3. The van der Waals surface area contributed by atoms with E-state index in [9.17, 15) is 20.2 Å². The average molecular weight is 347 g/mol. The molecule has 0 unspecified atom stereocenters. The fraction of sp³-hybridized carbons (Fsp3) is 0. The molecule has 0 aliphatic carbocycles. The van der Waals surface area contributed by atoms with E-state index in [4.69, 9.17) is 34.7 Å². The van der Waals surface area contributed by atoms with Gasteiger partial charge < -0.3 is 11.5 Å². The molecule has 12 heteroatoms. The van der Waals surface area contributed by atoms with Gasteiger partial charge in [0.25, 0.3) is 0 Å². The lowest BCUT2D eigenvalue weighted by Gasteiger charge is -1.95. The Morgan fingerprint density at radius 2 is 1.18 bits per heavy atom. The van der Waals surface area contributed by atoms with Crippen molar-refractivity contribution < 1.29 is 9.85 Å². The Hall–Kier alpha value is -2.72. The molecule has 116 valence electrons. The normalized spacial score (nSPS) is 9.55. The van der Waals surface area contributed by atoms with Crippen molar-refractivity contribution in [3.05, 3.63) is 54.8 Å². The molecule has 0 saturated carbocycles. The van der Waals surface area contributed by atoms with Crippen molar-refractivity contribution in [3.8, 4) is 0 Å². The highest BCUT2D eigenvalue weighted by Crippen LogP contribution is 2.28. The molecule has 2 heterocycles. The number of rotatable bonds is 2.